The number of hydrogen-bond acceptors (Lipinski definition) is 4. The van der Waals surface area contributed by atoms with Gasteiger partial charge in [0.1, 0.15) is 0 Å². The minimum absolute atomic E-state index is 0.210. The summed E-state index contributed by atoms with van der Waals surface area (Å²) in [4.78, 5) is 6.23. The van der Waals surface area contributed by atoms with Gasteiger partial charge in [0, 0.05) is 31.0 Å². The molecule has 1 saturated heterocycles. The quantitative estimate of drug-likeness (QED) is 0.789. The Bertz CT molecular complexity index is 330. The van der Waals surface area contributed by atoms with E-state index in [2.05, 4.69) is 9.88 Å². The molecule has 1 aliphatic heterocycles. The second-order valence-corrected chi connectivity index (χ2v) is 3.80. The summed E-state index contributed by atoms with van der Waals surface area (Å²) in [6.07, 6.45) is 3.46. The van der Waals surface area contributed by atoms with Crippen LogP contribution in [0.25, 0.3) is 0 Å². The van der Waals surface area contributed by atoms with E-state index < -0.39 is 0 Å². The number of rotatable bonds is 2. The van der Waals surface area contributed by atoms with Crippen LogP contribution in [-0.4, -0.2) is 36.4 Å². The lowest BCUT2D eigenvalue weighted by Gasteiger charge is -2.31. The standard InChI is InChI=1S/C11H16N2O2/c1-15-11-7-9(4-5-12-11)13-6-2-3-10(14)8-13/h4-5,7,10,14H,2-3,6,8H2,1H3. The van der Waals surface area contributed by atoms with Crippen LogP contribution >= 0.6 is 0 Å². The Hall–Kier alpha value is -1.29. The first-order valence-corrected chi connectivity index (χ1v) is 5.22. The first kappa shape index (κ1) is 10.2. The number of pyridine rings is 1. The smallest absolute Gasteiger partial charge is 0.214 e. The van der Waals surface area contributed by atoms with Crippen LogP contribution in [0.3, 0.4) is 0 Å². The molecule has 0 aromatic carbocycles. The predicted octanol–water partition coefficient (Wildman–Crippen LogP) is 1.05. The molecule has 4 heteroatoms. The molecule has 0 amide bonds. The van der Waals surface area contributed by atoms with Crippen LogP contribution in [0.4, 0.5) is 5.69 Å². The molecule has 1 N–H and O–H groups in total. The Balaban J connectivity index is 2.13. The van der Waals surface area contributed by atoms with Gasteiger partial charge in [-0.15, -0.1) is 0 Å². The van der Waals surface area contributed by atoms with E-state index in [9.17, 15) is 5.11 Å². The number of β-amino-alcohol motifs (C(OH)–C–C–N with tert-alkyl or cyclic N) is 1. The van der Waals surface area contributed by atoms with Crippen LogP contribution in [0, 0.1) is 0 Å². The molecule has 1 unspecified atom stereocenters. The maximum atomic E-state index is 9.58. The van der Waals surface area contributed by atoms with E-state index in [1.54, 1.807) is 13.3 Å². The van der Waals surface area contributed by atoms with Crippen molar-refractivity contribution in [1.82, 2.24) is 4.98 Å². The van der Waals surface area contributed by atoms with Gasteiger partial charge in [0.2, 0.25) is 5.88 Å². The first-order chi connectivity index (χ1) is 7.29. The third-order valence-corrected chi connectivity index (χ3v) is 2.69. The van der Waals surface area contributed by atoms with Gasteiger partial charge in [0.05, 0.1) is 13.2 Å². The molecular weight excluding hydrogens is 192 g/mol. The minimum Gasteiger partial charge on any atom is -0.481 e. The predicted molar refractivity (Wildman–Crippen MR) is 58.2 cm³/mol. The van der Waals surface area contributed by atoms with Crippen molar-refractivity contribution in [1.29, 1.82) is 0 Å². The fourth-order valence-corrected chi connectivity index (χ4v) is 1.90. The zero-order chi connectivity index (χ0) is 10.7. The molecule has 0 saturated carbocycles. The number of anilines is 1. The number of aliphatic hydroxyl groups is 1. The molecule has 1 aromatic rings. The second kappa shape index (κ2) is 4.49. The second-order valence-electron chi connectivity index (χ2n) is 3.80. The van der Waals surface area contributed by atoms with E-state index in [1.807, 2.05) is 12.1 Å². The summed E-state index contributed by atoms with van der Waals surface area (Å²) < 4.78 is 5.07. The summed E-state index contributed by atoms with van der Waals surface area (Å²) in [5.74, 6) is 0.618. The van der Waals surface area contributed by atoms with E-state index >= 15 is 0 Å². The third-order valence-electron chi connectivity index (χ3n) is 2.69. The van der Waals surface area contributed by atoms with Gasteiger partial charge in [0.25, 0.3) is 0 Å². The molecule has 82 valence electrons. The molecule has 2 heterocycles. The topological polar surface area (TPSA) is 45.6 Å². The molecule has 1 atom stereocenters. The fourth-order valence-electron chi connectivity index (χ4n) is 1.90. The number of methoxy groups -OCH3 is 1. The molecule has 2 rings (SSSR count). The van der Waals surface area contributed by atoms with Crippen LogP contribution in [0.15, 0.2) is 18.3 Å². The summed E-state index contributed by atoms with van der Waals surface area (Å²) in [7, 11) is 1.61. The lowest BCUT2D eigenvalue weighted by Crippen LogP contribution is -2.38. The molecule has 1 aromatic heterocycles. The van der Waals surface area contributed by atoms with Crippen molar-refractivity contribution in [3.8, 4) is 5.88 Å². The average molecular weight is 208 g/mol. The summed E-state index contributed by atoms with van der Waals surface area (Å²) in [6.45, 7) is 1.69. The average Bonchev–Trinajstić information content (AvgIpc) is 2.29. The number of hydrogen-bond donors (Lipinski definition) is 1. The van der Waals surface area contributed by atoms with Crippen LogP contribution in [-0.2, 0) is 0 Å². The van der Waals surface area contributed by atoms with Crippen molar-refractivity contribution in [3.63, 3.8) is 0 Å². The summed E-state index contributed by atoms with van der Waals surface area (Å²) in [5.41, 5.74) is 1.07. The number of piperidine rings is 1. The van der Waals surface area contributed by atoms with Crippen LogP contribution in [0.5, 0.6) is 5.88 Å². The minimum atomic E-state index is -0.210. The molecule has 0 radical (unpaired) electrons. The molecule has 1 aliphatic rings. The molecule has 0 spiro atoms. The molecular formula is C11H16N2O2. The highest BCUT2D eigenvalue weighted by atomic mass is 16.5. The maximum Gasteiger partial charge on any atom is 0.214 e. The van der Waals surface area contributed by atoms with Gasteiger partial charge < -0.3 is 14.7 Å². The summed E-state index contributed by atoms with van der Waals surface area (Å²) in [5, 5.41) is 9.58. The highest BCUT2D eigenvalue weighted by molar-refractivity contribution is 5.48. The lowest BCUT2D eigenvalue weighted by atomic mass is 10.1. The van der Waals surface area contributed by atoms with Crippen molar-refractivity contribution in [2.24, 2.45) is 0 Å². The Morgan fingerprint density at radius 3 is 3.20 bits per heavy atom. The first-order valence-electron chi connectivity index (χ1n) is 5.22. The van der Waals surface area contributed by atoms with E-state index in [4.69, 9.17) is 4.74 Å². The third kappa shape index (κ3) is 2.39. The molecule has 0 aliphatic carbocycles. The van der Waals surface area contributed by atoms with E-state index in [0.717, 1.165) is 25.1 Å². The van der Waals surface area contributed by atoms with Crippen LogP contribution in [0.1, 0.15) is 12.8 Å². The van der Waals surface area contributed by atoms with Gasteiger partial charge in [-0.3, -0.25) is 0 Å². The largest absolute Gasteiger partial charge is 0.481 e. The lowest BCUT2D eigenvalue weighted by molar-refractivity contribution is 0.154. The van der Waals surface area contributed by atoms with Crippen molar-refractivity contribution < 1.29 is 9.84 Å². The van der Waals surface area contributed by atoms with Crippen molar-refractivity contribution in [2.75, 3.05) is 25.1 Å². The monoisotopic (exact) mass is 208 g/mol. The zero-order valence-corrected chi connectivity index (χ0v) is 8.89. The number of nitrogens with zero attached hydrogens (tertiary/aromatic N) is 2. The van der Waals surface area contributed by atoms with Crippen LogP contribution < -0.4 is 9.64 Å². The van der Waals surface area contributed by atoms with Gasteiger partial charge in [-0.05, 0) is 18.9 Å². The number of aliphatic hydroxyl groups excluding tert-OH is 1. The molecule has 0 bridgehead atoms. The normalized spacial score (nSPS) is 21.5. The Labute approximate surface area is 89.5 Å². The summed E-state index contributed by atoms with van der Waals surface area (Å²) >= 11 is 0. The Morgan fingerprint density at radius 1 is 1.60 bits per heavy atom. The van der Waals surface area contributed by atoms with Crippen LogP contribution in [0.2, 0.25) is 0 Å². The molecule has 4 nitrogen and oxygen atoms in total. The van der Waals surface area contributed by atoms with E-state index in [0.29, 0.717) is 12.4 Å². The number of aromatic nitrogens is 1. The molecule has 15 heavy (non-hydrogen) atoms. The van der Waals surface area contributed by atoms with Crippen molar-refractivity contribution in [2.45, 2.75) is 18.9 Å². The van der Waals surface area contributed by atoms with Gasteiger partial charge in [-0.25, -0.2) is 4.98 Å². The van der Waals surface area contributed by atoms with E-state index in [1.165, 1.54) is 0 Å². The zero-order valence-electron chi connectivity index (χ0n) is 8.89. The Morgan fingerprint density at radius 2 is 2.47 bits per heavy atom. The maximum absolute atomic E-state index is 9.58. The van der Waals surface area contributed by atoms with Crippen molar-refractivity contribution >= 4 is 5.69 Å². The van der Waals surface area contributed by atoms with Gasteiger partial charge in [-0.2, -0.15) is 0 Å². The summed E-state index contributed by atoms with van der Waals surface area (Å²) in [6, 6.07) is 3.85. The SMILES string of the molecule is COc1cc(N2CCCC(O)C2)ccn1. The van der Waals surface area contributed by atoms with Gasteiger partial charge in [0.15, 0.2) is 0 Å². The van der Waals surface area contributed by atoms with Crippen molar-refractivity contribution in [3.05, 3.63) is 18.3 Å². The highest BCUT2D eigenvalue weighted by Gasteiger charge is 2.18. The highest BCUT2D eigenvalue weighted by Crippen LogP contribution is 2.22. The van der Waals surface area contributed by atoms with E-state index in [-0.39, 0.29) is 6.10 Å². The Kier molecular flexibility index (Phi) is 3.06. The van der Waals surface area contributed by atoms with Gasteiger partial charge >= 0.3 is 0 Å². The van der Waals surface area contributed by atoms with Gasteiger partial charge in [-0.1, -0.05) is 0 Å². The number of ether oxygens (including phenoxy) is 1. The molecule has 1 fully saturated rings. The fraction of sp³-hybridized carbons (Fsp3) is 0.545.